The summed E-state index contributed by atoms with van der Waals surface area (Å²) in [5.74, 6) is 0.0676. The third-order valence-electron chi connectivity index (χ3n) is 2.23. The largest absolute Gasteiger partial charge is 0.338 e. The Kier molecular flexibility index (Phi) is 5.85. The number of alkyl halides is 1. The summed E-state index contributed by atoms with van der Waals surface area (Å²) in [5, 5.41) is 1.45. The van der Waals surface area contributed by atoms with E-state index in [2.05, 4.69) is 22.9 Å². The second-order valence-electron chi connectivity index (χ2n) is 3.49. The van der Waals surface area contributed by atoms with E-state index in [1.54, 1.807) is 24.3 Å². The van der Waals surface area contributed by atoms with Gasteiger partial charge in [-0.2, -0.15) is 0 Å². The Morgan fingerprint density at radius 1 is 1.31 bits per heavy atom. The molecule has 1 amide bonds. The highest BCUT2D eigenvalue weighted by Gasteiger charge is 2.13. The standard InChI is InChI=1S/C12H15BrClNO/c1-2-8-15(9-7-13)12(16)10-3-5-11(14)6-4-10/h3-6H,2,7-9H2,1H3. The number of benzene rings is 1. The molecule has 88 valence electrons. The molecule has 1 aromatic carbocycles. The zero-order valence-electron chi connectivity index (χ0n) is 9.25. The number of carbonyl (C=O) groups excluding carboxylic acids is 1. The molecule has 0 aliphatic carbocycles. The Bertz CT molecular complexity index is 333. The fourth-order valence-corrected chi connectivity index (χ4v) is 2.02. The number of hydrogen-bond donors (Lipinski definition) is 0. The molecule has 1 rings (SSSR count). The summed E-state index contributed by atoms with van der Waals surface area (Å²) >= 11 is 9.14. The van der Waals surface area contributed by atoms with Crippen LogP contribution in [-0.4, -0.2) is 29.2 Å². The number of rotatable bonds is 5. The molecule has 0 unspecified atom stereocenters. The van der Waals surface area contributed by atoms with Gasteiger partial charge < -0.3 is 4.90 Å². The highest BCUT2D eigenvalue weighted by Crippen LogP contribution is 2.12. The van der Waals surface area contributed by atoms with Gasteiger partial charge in [-0.3, -0.25) is 4.79 Å². The van der Waals surface area contributed by atoms with Crippen molar-refractivity contribution in [3.63, 3.8) is 0 Å². The average molecular weight is 305 g/mol. The van der Waals surface area contributed by atoms with Gasteiger partial charge in [0, 0.05) is 29.0 Å². The lowest BCUT2D eigenvalue weighted by Gasteiger charge is -2.21. The topological polar surface area (TPSA) is 20.3 Å². The fourth-order valence-electron chi connectivity index (χ4n) is 1.46. The van der Waals surface area contributed by atoms with Gasteiger partial charge in [-0.1, -0.05) is 34.5 Å². The zero-order valence-corrected chi connectivity index (χ0v) is 11.6. The van der Waals surface area contributed by atoms with Crippen LogP contribution in [0.15, 0.2) is 24.3 Å². The maximum absolute atomic E-state index is 12.1. The van der Waals surface area contributed by atoms with Crippen molar-refractivity contribution in [1.29, 1.82) is 0 Å². The molecule has 4 heteroatoms. The van der Waals surface area contributed by atoms with E-state index < -0.39 is 0 Å². The molecule has 0 radical (unpaired) electrons. The molecule has 0 aromatic heterocycles. The van der Waals surface area contributed by atoms with E-state index >= 15 is 0 Å². The Balaban J connectivity index is 2.77. The predicted molar refractivity (Wildman–Crippen MR) is 71.4 cm³/mol. The summed E-state index contributed by atoms with van der Waals surface area (Å²) in [6.45, 7) is 3.58. The number of halogens is 2. The molecule has 16 heavy (non-hydrogen) atoms. The van der Waals surface area contributed by atoms with Crippen LogP contribution in [-0.2, 0) is 0 Å². The zero-order chi connectivity index (χ0) is 12.0. The molecule has 0 atom stereocenters. The number of nitrogens with zero attached hydrogens (tertiary/aromatic N) is 1. The lowest BCUT2D eigenvalue weighted by atomic mass is 10.2. The maximum atomic E-state index is 12.1. The Morgan fingerprint density at radius 3 is 2.44 bits per heavy atom. The molecule has 1 aromatic rings. The fraction of sp³-hybridized carbons (Fsp3) is 0.417. The minimum absolute atomic E-state index is 0.0676. The first-order valence-electron chi connectivity index (χ1n) is 5.29. The molecular formula is C12H15BrClNO. The molecule has 0 saturated heterocycles. The highest BCUT2D eigenvalue weighted by atomic mass is 79.9. The SMILES string of the molecule is CCCN(CCBr)C(=O)c1ccc(Cl)cc1. The van der Waals surface area contributed by atoms with E-state index in [-0.39, 0.29) is 5.91 Å². The molecule has 0 spiro atoms. The molecular weight excluding hydrogens is 289 g/mol. The van der Waals surface area contributed by atoms with E-state index in [0.717, 1.165) is 24.8 Å². The van der Waals surface area contributed by atoms with Crippen molar-refractivity contribution in [2.24, 2.45) is 0 Å². The first-order valence-corrected chi connectivity index (χ1v) is 6.79. The number of carbonyl (C=O) groups is 1. The van der Waals surface area contributed by atoms with E-state index in [0.29, 0.717) is 10.6 Å². The van der Waals surface area contributed by atoms with Crippen LogP contribution >= 0.6 is 27.5 Å². The van der Waals surface area contributed by atoms with Gasteiger partial charge in [-0.15, -0.1) is 0 Å². The maximum Gasteiger partial charge on any atom is 0.253 e. The first-order chi connectivity index (χ1) is 7.69. The van der Waals surface area contributed by atoms with E-state index in [1.807, 2.05) is 4.90 Å². The smallest absolute Gasteiger partial charge is 0.253 e. The molecule has 0 aliphatic rings. The van der Waals surface area contributed by atoms with Crippen LogP contribution in [0.4, 0.5) is 0 Å². The summed E-state index contributed by atoms with van der Waals surface area (Å²) in [4.78, 5) is 13.9. The quantitative estimate of drug-likeness (QED) is 0.761. The summed E-state index contributed by atoms with van der Waals surface area (Å²) in [6.07, 6.45) is 0.965. The Labute approximate surface area is 110 Å². The van der Waals surface area contributed by atoms with Crippen molar-refractivity contribution in [2.45, 2.75) is 13.3 Å². The molecule has 2 nitrogen and oxygen atoms in total. The lowest BCUT2D eigenvalue weighted by Crippen LogP contribution is -2.33. The monoisotopic (exact) mass is 303 g/mol. The van der Waals surface area contributed by atoms with Gasteiger partial charge >= 0.3 is 0 Å². The third-order valence-corrected chi connectivity index (χ3v) is 2.83. The first kappa shape index (κ1) is 13.5. The summed E-state index contributed by atoms with van der Waals surface area (Å²) in [5.41, 5.74) is 0.693. The summed E-state index contributed by atoms with van der Waals surface area (Å²) < 4.78 is 0. The van der Waals surface area contributed by atoms with Gasteiger partial charge in [-0.05, 0) is 30.7 Å². The molecule has 0 N–H and O–H groups in total. The van der Waals surface area contributed by atoms with E-state index in [1.165, 1.54) is 0 Å². The summed E-state index contributed by atoms with van der Waals surface area (Å²) in [6, 6.07) is 7.02. The minimum atomic E-state index is 0.0676. The highest BCUT2D eigenvalue weighted by molar-refractivity contribution is 9.09. The van der Waals surface area contributed by atoms with Crippen molar-refractivity contribution in [2.75, 3.05) is 18.4 Å². The van der Waals surface area contributed by atoms with Gasteiger partial charge in [-0.25, -0.2) is 0 Å². The number of hydrogen-bond acceptors (Lipinski definition) is 1. The van der Waals surface area contributed by atoms with E-state index in [9.17, 15) is 4.79 Å². The van der Waals surface area contributed by atoms with Crippen molar-refractivity contribution in [1.82, 2.24) is 4.90 Å². The minimum Gasteiger partial charge on any atom is -0.338 e. The van der Waals surface area contributed by atoms with Crippen LogP contribution in [0.2, 0.25) is 5.02 Å². The second-order valence-corrected chi connectivity index (χ2v) is 4.72. The second kappa shape index (κ2) is 6.92. The number of amides is 1. The molecule has 0 bridgehead atoms. The van der Waals surface area contributed by atoms with Crippen molar-refractivity contribution < 1.29 is 4.79 Å². The van der Waals surface area contributed by atoms with Gasteiger partial charge in [0.05, 0.1) is 0 Å². The van der Waals surface area contributed by atoms with Gasteiger partial charge in [0.1, 0.15) is 0 Å². The van der Waals surface area contributed by atoms with Crippen LogP contribution in [0.3, 0.4) is 0 Å². The Morgan fingerprint density at radius 2 is 1.94 bits per heavy atom. The average Bonchev–Trinajstić information content (AvgIpc) is 2.29. The molecule has 0 saturated carbocycles. The van der Waals surface area contributed by atoms with Crippen molar-refractivity contribution >= 4 is 33.4 Å². The van der Waals surface area contributed by atoms with Gasteiger partial charge in [0.2, 0.25) is 0 Å². The molecule has 0 aliphatic heterocycles. The van der Waals surface area contributed by atoms with Crippen molar-refractivity contribution in [3.05, 3.63) is 34.9 Å². The Hall–Kier alpha value is -0.540. The molecule has 0 heterocycles. The van der Waals surface area contributed by atoms with Crippen LogP contribution in [0.25, 0.3) is 0 Å². The van der Waals surface area contributed by atoms with Crippen LogP contribution in [0.1, 0.15) is 23.7 Å². The van der Waals surface area contributed by atoms with Crippen LogP contribution in [0, 0.1) is 0 Å². The lowest BCUT2D eigenvalue weighted by molar-refractivity contribution is 0.0766. The summed E-state index contributed by atoms with van der Waals surface area (Å²) in [7, 11) is 0. The third kappa shape index (κ3) is 3.80. The van der Waals surface area contributed by atoms with Crippen LogP contribution < -0.4 is 0 Å². The van der Waals surface area contributed by atoms with Gasteiger partial charge in [0.15, 0.2) is 0 Å². The van der Waals surface area contributed by atoms with E-state index in [4.69, 9.17) is 11.6 Å². The van der Waals surface area contributed by atoms with Crippen LogP contribution in [0.5, 0.6) is 0 Å². The van der Waals surface area contributed by atoms with Gasteiger partial charge in [0.25, 0.3) is 5.91 Å². The van der Waals surface area contributed by atoms with Crippen molar-refractivity contribution in [3.8, 4) is 0 Å². The predicted octanol–water partition coefficient (Wildman–Crippen LogP) is 3.59. The normalized spacial score (nSPS) is 10.2. The molecule has 0 fully saturated rings.